The van der Waals surface area contributed by atoms with E-state index in [1.165, 1.54) is 4.90 Å². The highest BCUT2D eigenvalue weighted by Gasteiger charge is 2.29. The van der Waals surface area contributed by atoms with Gasteiger partial charge in [-0.1, -0.05) is 24.9 Å². The molecule has 6 heteroatoms. The number of nitrogens with one attached hydrogen (secondary N) is 1. The van der Waals surface area contributed by atoms with Gasteiger partial charge in [-0.3, -0.25) is 4.79 Å². The molecule has 2 rings (SSSR count). The molecule has 1 aliphatic heterocycles. The summed E-state index contributed by atoms with van der Waals surface area (Å²) in [7, 11) is 0. The first-order chi connectivity index (χ1) is 10.1. The van der Waals surface area contributed by atoms with Gasteiger partial charge in [-0.15, -0.1) is 0 Å². The number of carbonyl (C=O) groups excluding carboxylic acids is 2. The number of hydrogen-bond acceptors (Lipinski definition) is 4. The van der Waals surface area contributed by atoms with E-state index in [0.29, 0.717) is 11.6 Å². The molecule has 2 amide bonds. The summed E-state index contributed by atoms with van der Waals surface area (Å²) in [6.07, 6.45) is 1.52. The Bertz CT molecular complexity index is 504. The molecule has 0 spiro atoms. The monoisotopic (exact) mass is 310 g/mol. The lowest BCUT2D eigenvalue weighted by Gasteiger charge is -2.21. The van der Waals surface area contributed by atoms with Crippen LogP contribution in [0.4, 0.5) is 10.5 Å². The maximum atomic E-state index is 12.1. The van der Waals surface area contributed by atoms with Gasteiger partial charge in [0, 0.05) is 23.2 Å². The van der Waals surface area contributed by atoms with E-state index in [1.54, 1.807) is 12.1 Å². The number of nitrogens with zero attached hydrogens (tertiary/aromatic N) is 1. The summed E-state index contributed by atoms with van der Waals surface area (Å²) in [4.78, 5) is 24.7. The molecule has 5 nitrogen and oxygen atoms in total. The van der Waals surface area contributed by atoms with Gasteiger partial charge in [0.05, 0.1) is 6.54 Å². The maximum Gasteiger partial charge on any atom is 0.416 e. The zero-order valence-electron chi connectivity index (χ0n) is 12.0. The average Bonchev–Trinajstić information content (AvgIpc) is 2.88. The van der Waals surface area contributed by atoms with Gasteiger partial charge in [-0.25, -0.2) is 9.69 Å². The Labute approximate surface area is 129 Å². The molecule has 1 atom stereocenters. The molecular weight excluding hydrogens is 292 g/mol. The largest absolute Gasteiger partial charge is 0.447 e. The van der Waals surface area contributed by atoms with Gasteiger partial charge < -0.3 is 10.1 Å². The molecule has 1 aliphatic rings. The van der Waals surface area contributed by atoms with Crippen molar-refractivity contribution in [2.24, 2.45) is 0 Å². The Morgan fingerprint density at radius 1 is 1.43 bits per heavy atom. The minimum absolute atomic E-state index is 0.0166. The Balaban J connectivity index is 1.96. The fraction of sp³-hybridized carbons (Fsp3) is 0.467. The zero-order valence-corrected chi connectivity index (χ0v) is 12.7. The molecule has 1 heterocycles. The van der Waals surface area contributed by atoms with Crippen LogP contribution in [0.5, 0.6) is 0 Å². The lowest BCUT2D eigenvalue weighted by Crippen LogP contribution is -2.36. The van der Waals surface area contributed by atoms with Gasteiger partial charge in [0.2, 0.25) is 5.91 Å². The molecule has 1 N–H and O–H groups in total. The van der Waals surface area contributed by atoms with Gasteiger partial charge >= 0.3 is 6.09 Å². The summed E-state index contributed by atoms with van der Waals surface area (Å²) in [5, 5.41) is 3.99. The third-order valence-electron chi connectivity index (χ3n) is 3.34. The molecule has 0 bridgehead atoms. The number of amides is 2. The van der Waals surface area contributed by atoms with E-state index in [-0.39, 0.29) is 25.0 Å². The van der Waals surface area contributed by atoms with Crippen molar-refractivity contribution in [2.75, 3.05) is 18.5 Å². The Morgan fingerprint density at radius 2 is 2.14 bits per heavy atom. The van der Waals surface area contributed by atoms with Crippen LogP contribution in [0.25, 0.3) is 0 Å². The summed E-state index contributed by atoms with van der Waals surface area (Å²) in [6, 6.07) is 7.33. The molecule has 1 fully saturated rings. The lowest BCUT2D eigenvalue weighted by atomic mass is 10.1. The third kappa shape index (κ3) is 4.36. The normalized spacial score (nSPS) is 15.7. The molecule has 1 saturated heterocycles. The topological polar surface area (TPSA) is 58.6 Å². The SMILES string of the molecule is CCCC(CC(=O)N1CCOC1=O)Nc1ccc(Cl)cc1. The predicted molar refractivity (Wildman–Crippen MR) is 81.4 cm³/mol. The van der Waals surface area contributed by atoms with Crippen molar-refractivity contribution in [1.29, 1.82) is 0 Å². The van der Waals surface area contributed by atoms with E-state index in [0.717, 1.165) is 18.5 Å². The fourth-order valence-corrected chi connectivity index (χ4v) is 2.42. The molecule has 21 heavy (non-hydrogen) atoms. The van der Waals surface area contributed by atoms with E-state index < -0.39 is 6.09 Å². The van der Waals surface area contributed by atoms with Crippen LogP contribution < -0.4 is 5.32 Å². The molecule has 0 radical (unpaired) electrons. The van der Waals surface area contributed by atoms with Crippen LogP contribution in [0.3, 0.4) is 0 Å². The number of benzene rings is 1. The quantitative estimate of drug-likeness (QED) is 0.876. The molecule has 0 aliphatic carbocycles. The summed E-state index contributed by atoms with van der Waals surface area (Å²) >= 11 is 5.86. The van der Waals surface area contributed by atoms with Gasteiger partial charge in [-0.05, 0) is 30.7 Å². The Morgan fingerprint density at radius 3 is 2.71 bits per heavy atom. The van der Waals surface area contributed by atoms with Gasteiger partial charge in [0.15, 0.2) is 0 Å². The predicted octanol–water partition coefficient (Wildman–Crippen LogP) is 3.29. The van der Waals surface area contributed by atoms with Crippen molar-refractivity contribution in [3.8, 4) is 0 Å². The van der Waals surface area contributed by atoms with Crippen LogP contribution in [0.2, 0.25) is 5.02 Å². The smallest absolute Gasteiger partial charge is 0.416 e. The number of rotatable bonds is 6. The van der Waals surface area contributed by atoms with Gasteiger partial charge in [0.1, 0.15) is 6.61 Å². The number of carbonyl (C=O) groups is 2. The Kier molecular flexibility index (Phi) is 5.44. The highest BCUT2D eigenvalue weighted by atomic mass is 35.5. The number of ether oxygens (including phenoxy) is 1. The van der Waals surface area contributed by atoms with Gasteiger partial charge in [-0.2, -0.15) is 0 Å². The molecular formula is C15H19ClN2O3. The summed E-state index contributed by atoms with van der Waals surface area (Å²) in [5.74, 6) is -0.197. The van der Waals surface area contributed by atoms with E-state index >= 15 is 0 Å². The first-order valence-corrected chi connectivity index (χ1v) is 7.47. The minimum Gasteiger partial charge on any atom is -0.447 e. The standard InChI is InChI=1S/C15H19ClN2O3/c1-2-3-13(17-12-6-4-11(16)5-7-12)10-14(19)18-8-9-21-15(18)20/h4-7,13,17H,2-3,8-10H2,1H3. The second-order valence-corrected chi connectivity index (χ2v) is 5.44. The highest BCUT2D eigenvalue weighted by molar-refractivity contribution is 6.30. The van der Waals surface area contributed by atoms with Crippen molar-refractivity contribution in [3.05, 3.63) is 29.3 Å². The number of cyclic esters (lactones) is 1. The lowest BCUT2D eigenvalue weighted by molar-refractivity contribution is -0.128. The molecule has 1 aromatic carbocycles. The van der Waals surface area contributed by atoms with Crippen molar-refractivity contribution in [3.63, 3.8) is 0 Å². The van der Waals surface area contributed by atoms with Crippen LogP contribution in [0.15, 0.2) is 24.3 Å². The van der Waals surface area contributed by atoms with E-state index in [9.17, 15) is 9.59 Å². The average molecular weight is 311 g/mol. The minimum atomic E-state index is -0.540. The first-order valence-electron chi connectivity index (χ1n) is 7.09. The maximum absolute atomic E-state index is 12.1. The zero-order chi connectivity index (χ0) is 15.2. The Hall–Kier alpha value is -1.75. The van der Waals surface area contributed by atoms with E-state index in [1.807, 2.05) is 12.1 Å². The van der Waals surface area contributed by atoms with Crippen molar-refractivity contribution < 1.29 is 14.3 Å². The molecule has 114 valence electrons. The van der Waals surface area contributed by atoms with Crippen LogP contribution in [0, 0.1) is 0 Å². The van der Waals surface area contributed by atoms with Crippen LogP contribution in [0.1, 0.15) is 26.2 Å². The van der Waals surface area contributed by atoms with Gasteiger partial charge in [0.25, 0.3) is 0 Å². The molecule has 1 unspecified atom stereocenters. The number of halogens is 1. The van der Waals surface area contributed by atoms with Crippen LogP contribution >= 0.6 is 11.6 Å². The second kappa shape index (κ2) is 7.31. The number of imide groups is 1. The van der Waals surface area contributed by atoms with E-state index in [4.69, 9.17) is 16.3 Å². The summed E-state index contributed by atoms with van der Waals surface area (Å²) in [6.45, 7) is 2.69. The summed E-state index contributed by atoms with van der Waals surface area (Å²) in [5.41, 5.74) is 0.912. The fourth-order valence-electron chi connectivity index (χ4n) is 2.30. The van der Waals surface area contributed by atoms with E-state index in [2.05, 4.69) is 12.2 Å². The first kappa shape index (κ1) is 15.6. The second-order valence-electron chi connectivity index (χ2n) is 5.00. The summed E-state index contributed by atoms with van der Waals surface area (Å²) < 4.78 is 4.79. The van der Waals surface area contributed by atoms with Crippen LogP contribution in [-0.2, 0) is 9.53 Å². The number of hydrogen-bond donors (Lipinski definition) is 1. The third-order valence-corrected chi connectivity index (χ3v) is 3.59. The van der Waals surface area contributed by atoms with Crippen molar-refractivity contribution in [1.82, 2.24) is 4.90 Å². The van der Waals surface area contributed by atoms with Crippen molar-refractivity contribution in [2.45, 2.75) is 32.2 Å². The van der Waals surface area contributed by atoms with Crippen LogP contribution in [-0.4, -0.2) is 36.1 Å². The molecule has 1 aromatic rings. The molecule has 0 saturated carbocycles. The molecule has 0 aromatic heterocycles. The number of anilines is 1. The highest BCUT2D eigenvalue weighted by Crippen LogP contribution is 2.18. The van der Waals surface area contributed by atoms with Crippen molar-refractivity contribution >= 4 is 29.3 Å².